The number of rotatable bonds is 2. The Morgan fingerprint density at radius 2 is 1.93 bits per heavy atom. The van der Waals surface area contributed by atoms with Gasteiger partial charge in [-0.1, -0.05) is 0 Å². The highest BCUT2D eigenvalue weighted by Gasteiger charge is 2.16. The molecule has 0 unspecified atom stereocenters. The molecule has 1 rings (SSSR count). The molecule has 1 aromatic heterocycles. The third-order valence-electron chi connectivity index (χ3n) is 1.77. The zero-order valence-corrected chi connectivity index (χ0v) is 7.76. The zero-order valence-electron chi connectivity index (χ0n) is 7.76. The molecule has 74 valence electrons. The summed E-state index contributed by atoms with van der Waals surface area (Å²) in [6, 6.07) is 0. The number of nitrogens with zero attached hydrogens (tertiary/aromatic N) is 3. The number of carbonyl (C=O) groups is 2. The molecule has 0 spiro atoms. The Bertz CT molecular complexity index is 378. The molecule has 0 atom stereocenters. The van der Waals surface area contributed by atoms with Crippen LogP contribution in [0.1, 0.15) is 17.3 Å². The Balaban J connectivity index is 3.19. The van der Waals surface area contributed by atoms with E-state index < -0.39 is 5.97 Å². The molecule has 0 fully saturated rings. The van der Waals surface area contributed by atoms with Crippen LogP contribution in [0.2, 0.25) is 0 Å². The Morgan fingerprint density at radius 3 is 2.43 bits per heavy atom. The molecule has 1 aromatic rings. The van der Waals surface area contributed by atoms with E-state index in [9.17, 15) is 9.59 Å². The summed E-state index contributed by atoms with van der Waals surface area (Å²) in [5.74, 6) is -1.40. The summed E-state index contributed by atoms with van der Waals surface area (Å²) in [6.07, 6.45) is 2.35. The molecule has 1 amide bonds. The predicted molar refractivity (Wildman–Crippen MR) is 48.1 cm³/mol. The van der Waals surface area contributed by atoms with Gasteiger partial charge in [-0.2, -0.15) is 10.2 Å². The van der Waals surface area contributed by atoms with Crippen molar-refractivity contribution in [2.24, 2.45) is 0 Å². The van der Waals surface area contributed by atoms with Gasteiger partial charge in [-0.3, -0.25) is 4.79 Å². The van der Waals surface area contributed by atoms with Gasteiger partial charge in [-0.05, 0) is 0 Å². The third-order valence-corrected chi connectivity index (χ3v) is 1.77. The fourth-order valence-electron chi connectivity index (χ4n) is 0.916. The van der Waals surface area contributed by atoms with E-state index in [1.54, 1.807) is 0 Å². The van der Waals surface area contributed by atoms with Crippen molar-refractivity contribution in [2.75, 3.05) is 11.9 Å². The molecule has 14 heavy (non-hydrogen) atoms. The van der Waals surface area contributed by atoms with Gasteiger partial charge in [0.1, 0.15) is 5.56 Å². The van der Waals surface area contributed by atoms with Crippen molar-refractivity contribution < 1.29 is 14.7 Å². The summed E-state index contributed by atoms with van der Waals surface area (Å²) >= 11 is 0. The third kappa shape index (κ3) is 1.85. The lowest BCUT2D eigenvalue weighted by Crippen LogP contribution is -2.25. The Kier molecular flexibility index (Phi) is 2.76. The molecular formula is C8H9N3O3. The second-order valence-electron chi connectivity index (χ2n) is 2.67. The van der Waals surface area contributed by atoms with Gasteiger partial charge < -0.3 is 10.0 Å². The maximum absolute atomic E-state index is 11.0. The molecule has 1 heterocycles. The molecule has 0 aromatic carbocycles. The van der Waals surface area contributed by atoms with E-state index in [1.165, 1.54) is 25.1 Å². The summed E-state index contributed by atoms with van der Waals surface area (Å²) in [6.45, 7) is 1.34. The van der Waals surface area contributed by atoms with E-state index >= 15 is 0 Å². The van der Waals surface area contributed by atoms with Gasteiger partial charge in [-0.25, -0.2) is 4.79 Å². The summed E-state index contributed by atoms with van der Waals surface area (Å²) in [5, 5.41) is 15.8. The summed E-state index contributed by atoms with van der Waals surface area (Å²) in [4.78, 5) is 23.0. The van der Waals surface area contributed by atoms with Crippen LogP contribution in [-0.4, -0.2) is 34.2 Å². The van der Waals surface area contributed by atoms with Crippen LogP contribution in [0.4, 0.5) is 5.69 Å². The smallest absolute Gasteiger partial charge is 0.339 e. The number of carboxylic acid groups (broad SMARTS) is 1. The number of anilines is 1. The van der Waals surface area contributed by atoms with Gasteiger partial charge >= 0.3 is 5.97 Å². The largest absolute Gasteiger partial charge is 0.478 e. The maximum atomic E-state index is 11.0. The first kappa shape index (κ1) is 10.1. The van der Waals surface area contributed by atoms with Crippen molar-refractivity contribution in [3.05, 3.63) is 18.0 Å². The fourth-order valence-corrected chi connectivity index (χ4v) is 0.916. The molecule has 6 nitrogen and oxygen atoms in total. The van der Waals surface area contributed by atoms with Crippen LogP contribution in [0.3, 0.4) is 0 Å². The molecule has 6 heteroatoms. The van der Waals surface area contributed by atoms with Gasteiger partial charge in [0.05, 0.1) is 18.1 Å². The number of carbonyl (C=O) groups excluding carboxylic acids is 1. The van der Waals surface area contributed by atoms with Crippen molar-refractivity contribution in [3.8, 4) is 0 Å². The molecule has 1 N–H and O–H groups in total. The Morgan fingerprint density at radius 1 is 1.36 bits per heavy atom. The highest BCUT2D eigenvalue weighted by atomic mass is 16.4. The van der Waals surface area contributed by atoms with E-state index in [4.69, 9.17) is 5.11 Å². The van der Waals surface area contributed by atoms with Crippen LogP contribution in [0.25, 0.3) is 0 Å². The number of aromatic carboxylic acids is 1. The molecule has 0 radical (unpaired) electrons. The van der Waals surface area contributed by atoms with E-state index in [0.717, 1.165) is 6.20 Å². The van der Waals surface area contributed by atoms with Gasteiger partial charge in [-0.15, -0.1) is 0 Å². The van der Waals surface area contributed by atoms with Crippen molar-refractivity contribution in [1.29, 1.82) is 0 Å². The van der Waals surface area contributed by atoms with Crippen LogP contribution in [0.15, 0.2) is 12.4 Å². The lowest BCUT2D eigenvalue weighted by Gasteiger charge is -2.15. The molecule has 0 aliphatic heterocycles. The summed E-state index contributed by atoms with van der Waals surface area (Å²) in [5.41, 5.74) is 0.192. The van der Waals surface area contributed by atoms with Gasteiger partial charge in [0.25, 0.3) is 0 Å². The first-order valence-corrected chi connectivity index (χ1v) is 3.82. The average molecular weight is 195 g/mol. The molecular weight excluding hydrogens is 186 g/mol. The number of carboxylic acids is 1. The standard InChI is InChI=1S/C8H9N3O3/c1-5(12)11(2)7-4-10-9-3-6(7)8(13)14/h3-4H,1-2H3,(H,13,14). The lowest BCUT2D eigenvalue weighted by molar-refractivity contribution is -0.116. The quantitative estimate of drug-likeness (QED) is 0.726. The summed E-state index contributed by atoms with van der Waals surface area (Å²) < 4.78 is 0. The van der Waals surface area contributed by atoms with E-state index in [1.807, 2.05) is 0 Å². The maximum Gasteiger partial charge on any atom is 0.339 e. The van der Waals surface area contributed by atoms with E-state index in [-0.39, 0.29) is 17.2 Å². The normalized spacial score (nSPS) is 9.57. The molecule has 0 saturated heterocycles. The van der Waals surface area contributed by atoms with Crippen molar-refractivity contribution in [3.63, 3.8) is 0 Å². The van der Waals surface area contributed by atoms with Crippen LogP contribution in [0, 0.1) is 0 Å². The second-order valence-corrected chi connectivity index (χ2v) is 2.67. The van der Waals surface area contributed by atoms with Gasteiger partial charge in [0, 0.05) is 14.0 Å². The minimum absolute atomic E-state index is 0.0438. The first-order valence-electron chi connectivity index (χ1n) is 3.82. The number of hydrogen-bond acceptors (Lipinski definition) is 4. The predicted octanol–water partition coefficient (Wildman–Crippen LogP) is 0.158. The van der Waals surface area contributed by atoms with Gasteiger partial charge in [0.15, 0.2) is 0 Å². The number of aromatic nitrogens is 2. The monoisotopic (exact) mass is 195 g/mol. The topological polar surface area (TPSA) is 83.4 Å². The van der Waals surface area contributed by atoms with Crippen LogP contribution in [0.5, 0.6) is 0 Å². The van der Waals surface area contributed by atoms with Crippen molar-refractivity contribution in [2.45, 2.75) is 6.92 Å². The van der Waals surface area contributed by atoms with Gasteiger partial charge in [0.2, 0.25) is 5.91 Å². The Labute approximate surface area is 80.2 Å². The van der Waals surface area contributed by atoms with Crippen LogP contribution in [-0.2, 0) is 4.79 Å². The van der Waals surface area contributed by atoms with E-state index in [0.29, 0.717) is 0 Å². The fraction of sp³-hybridized carbons (Fsp3) is 0.250. The minimum Gasteiger partial charge on any atom is -0.478 e. The number of amides is 1. The van der Waals surface area contributed by atoms with Crippen LogP contribution < -0.4 is 4.90 Å². The molecule has 0 bridgehead atoms. The number of hydrogen-bond donors (Lipinski definition) is 1. The first-order chi connectivity index (χ1) is 6.54. The van der Waals surface area contributed by atoms with E-state index in [2.05, 4.69) is 10.2 Å². The minimum atomic E-state index is -1.14. The average Bonchev–Trinajstić information content (AvgIpc) is 2.16. The Hall–Kier alpha value is -1.98. The van der Waals surface area contributed by atoms with Crippen molar-refractivity contribution >= 4 is 17.6 Å². The molecule has 0 aliphatic rings. The zero-order chi connectivity index (χ0) is 10.7. The lowest BCUT2D eigenvalue weighted by atomic mass is 10.2. The molecule has 0 saturated carbocycles. The van der Waals surface area contributed by atoms with Crippen molar-refractivity contribution in [1.82, 2.24) is 10.2 Å². The second kappa shape index (κ2) is 3.82. The molecule has 0 aliphatic carbocycles. The van der Waals surface area contributed by atoms with Crippen LogP contribution >= 0.6 is 0 Å². The highest BCUT2D eigenvalue weighted by molar-refractivity contribution is 6.00. The SMILES string of the molecule is CC(=O)N(C)c1cnncc1C(=O)O. The highest BCUT2D eigenvalue weighted by Crippen LogP contribution is 2.16. The summed E-state index contributed by atoms with van der Waals surface area (Å²) in [7, 11) is 1.48.